The number of fused-ring (bicyclic) bond motifs is 2. The summed E-state index contributed by atoms with van der Waals surface area (Å²) in [5.41, 5.74) is 3.43. The van der Waals surface area contributed by atoms with Crippen LogP contribution in [-0.4, -0.2) is 19.0 Å². The van der Waals surface area contributed by atoms with Crippen LogP contribution in [0.4, 0.5) is 5.00 Å². The molecule has 0 fully saturated rings. The van der Waals surface area contributed by atoms with Crippen molar-refractivity contribution in [3.8, 4) is 0 Å². The summed E-state index contributed by atoms with van der Waals surface area (Å²) >= 11 is 1.47. The minimum Gasteiger partial charge on any atom is -0.465 e. The van der Waals surface area contributed by atoms with E-state index in [1.165, 1.54) is 24.5 Å². The van der Waals surface area contributed by atoms with Gasteiger partial charge in [-0.3, -0.25) is 4.79 Å². The zero-order chi connectivity index (χ0) is 20.5. The molecule has 1 aromatic carbocycles. The fourth-order valence-corrected chi connectivity index (χ4v) is 5.11. The number of hydrogen-bond acceptors (Lipinski definition) is 5. The topological polar surface area (TPSA) is 68.5 Å². The lowest BCUT2D eigenvalue weighted by Gasteiger charge is -2.18. The Morgan fingerprint density at radius 1 is 1.31 bits per heavy atom. The van der Waals surface area contributed by atoms with Crippen LogP contribution in [0.2, 0.25) is 0 Å². The Morgan fingerprint density at radius 2 is 2.14 bits per heavy atom. The highest BCUT2D eigenvalue weighted by atomic mass is 32.1. The van der Waals surface area contributed by atoms with Crippen molar-refractivity contribution >= 4 is 45.3 Å². The molecule has 0 saturated carbocycles. The second-order valence-corrected chi connectivity index (χ2v) is 8.67. The molecule has 1 aliphatic rings. The number of anilines is 1. The number of carbonyl (C=O) groups is 2. The zero-order valence-corrected chi connectivity index (χ0v) is 17.5. The molecule has 1 amide bonds. The van der Waals surface area contributed by atoms with Gasteiger partial charge in [-0.25, -0.2) is 4.79 Å². The third-order valence-electron chi connectivity index (χ3n) is 5.23. The monoisotopic (exact) mass is 409 g/mol. The summed E-state index contributed by atoms with van der Waals surface area (Å²) in [5, 5.41) is 4.41. The van der Waals surface area contributed by atoms with E-state index in [1.54, 1.807) is 6.08 Å². The van der Waals surface area contributed by atoms with Crippen molar-refractivity contribution in [2.75, 3.05) is 12.4 Å². The smallest absolute Gasteiger partial charge is 0.341 e. The quantitative estimate of drug-likeness (QED) is 0.465. The van der Waals surface area contributed by atoms with Gasteiger partial charge in [0, 0.05) is 16.3 Å². The number of ether oxygens (including phenoxy) is 1. The van der Waals surface area contributed by atoms with Crippen LogP contribution in [0, 0.1) is 12.8 Å². The van der Waals surface area contributed by atoms with Crippen molar-refractivity contribution in [2.24, 2.45) is 5.92 Å². The maximum absolute atomic E-state index is 12.5. The molecule has 0 bridgehead atoms. The van der Waals surface area contributed by atoms with E-state index < -0.39 is 5.97 Å². The van der Waals surface area contributed by atoms with Gasteiger partial charge >= 0.3 is 5.97 Å². The Kier molecular flexibility index (Phi) is 5.28. The molecule has 29 heavy (non-hydrogen) atoms. The molecule has 2 heterocycles. The number of esters is 1. The highest BCUT2D eigenvalue weighted by molar-refractivity contribution is 7.17. The SMILES string of the molecule is COC(=O)c1c(NC(=O)/C=C/c2cc3ccc(C)cc3o2)sc2c1CC[C@H](C)C2. The number of rotatable bonds is 4. The summed E-state index contributed by atoms with van der Waals surface area (Å²) in [7, 11) is 1.37. The third kappa shape index (κ3) is 3.98. The lowest BCUT2D eigenvalue weighted by Crippen LogP contribution is -2.14. The molecular weight excluding hydrogens is 386 g/mol. The van der Waals surface area contributed by atoms with Crippen molar-refractivity contribution in [1.29, 1.82) is 0 Å². The van der Waals surface area contributed by atoms with Crippen molar-refractivity contribution in [1.82, 2.24) is 0 Å². The first-order valence-electron chi connectivity index (χ1n) is 9.66. The first kappa shape index (κ1) is 19.5. The standard InChI is InChI=1S/C23H23NO4S/c1-13-4-6-15-12-16(28-18(15)10-13)7-9-20(25)24-22-21(23(26)27-3)17-8-5-14(2)11-19(17)29-22/h4,6-7,9-10,12,14H,5,8,11H2,1-3H3,(H,24,25)/b9-7+/t14-/m0/s1. The summed E-state index contributed by atoms with van der Waals surface area (Å²) < 4.78 is 10.7. The van der Waals surface area contributed by atoms with E-state index in [9.17, 15) is 9.59 Å². The van der Waals surface area contributed by atoms with Crippen LogP contribution in [0.3, 0.4) is 0 Å². The van der Waals surface area contributed by atoms with Crippen LogP contribution in [0.15, 0.2) is 34.8 Å². The number of carbonyl (C=O) groups excluding carboxylic acids is 2. The fourth-order valence-electron chi connectivity index (χ4n) is 3.71. The molecule has 2 aromatic heterocycles. The number of hydrogen-bond donors (Lipinski definition) is 1. The van der Waals surface area contributed by atoms with E-state index >= 15 is 0 Å². The molecule has 3 aromatic rings. The molecule has 0 unspecified atom stereocenters. The summed E-state index contributed by atoms with van der Waals surface area (Å²) in [6.07, 6.45) is 5.85. The largest absolute Gasteiger partial charge is 0.465 e. The molecule has 0 saturated heterocycles. The molecule has 6 heteroatoms. The van der Waals surface area contributed by atoms with Gasteiger partial charge < -0.3 is 14.5 Å². The normalized spacial score (nSPS) is 16.2. The van der Waals surface area contributed by atoms with Gasteiger partial charge in [0.05, 0.1) is 12.7 Å². The highest BCUT2D eigenvalue weighted by Crippen LogP contribution is 2.40. The minimum absolute atomic E-state index is 0.307. The molecule has 1 atom stereocenters. The second kappa shape index (κ2) is 7.87. The van der Waals surface area contributed by atoms with Crippen molar-refractivity contribution < 1.29 is 18.7 Å². The van der Waals surface area contributed by atoms with Crippen LogP contribution in [0.25, 0.3) is 17.0 Å². The number of furan rings is 1. The molecule has 0 radical (unpaired) electrons. The van der Waals surface area contributed by atoms with Gasteiger partial charge in [-0.2, -0.15) is 0 Å². The minimum atomic E-state index is -0.399. The van der Waals surface area contributed by atoms with E-state index in [1.807, 2.05) is 31.2 Å². The van der Waals surface area contributed by atoms with E-state index in [4.69, 9.17) is 9.15 Å². The van der Waals surface area contributed by atoms with E-state index in [0.717, 1.165) is 46.2 Å². The molecule has 150 valence electrons. The van der Waals surface area contributed by atoms with Gasteiger partial charge in [0.25, 0.3) is 0 Å². The van der Waals surface area contributed by atoms with Gasteiger partial charge in [0.2, 0.25) is 5.91 Å². The van der Waals surface area contributed by atoms with E-state index in [0.29, 0.717) is 22.2 Å². The Balaban J connectivity index is 1.55. The summed E-state index contributed by atoms with van der Waals surface area (Å²) in [6, 6.07) is 7.87. The molecule has 5 nitrogen and oxygen atoms in total. The number of benzene rings is 1. The third-order valence-corrected chi connectivity index (χ3v) is 6.40. The first-order valence-corrected chi connectivity index (χ1v) is 10.5. The number of aryl methyl sites for hydroxylation is 1. The van der Waals surface area contributed by atoms with E-state index in [-0.39, 0.29) is 5.91 Å². The molecule has 1 aliphatic carbocycles. The fraction of sp³-hybridized carbons (Fsp3) is 0.304. The first-order chi connectivity index (χ1) is 13.9. The van der Waals surface area contributed by atoms with Crippen LogP contribution in [-0.2, 0) is 22.4 Å². The predicted octanol–water partition coefficient (Wildman–Crippen LogP) is 5.37. The average molecular weight is 410 g/mol. The van der Waals surface area contributed by atoms with Crippen LogP contribution in [0.5, 0.6) is 0 Å². The maximum atomic E-state index is 12.5. The molecule has 0 spiro atoms. The van der Waals surface area contributed by atoms with Gasteiger partial charge in [0.15, 0.2) is 0 Å². The Hall–Kier alpha value is -2.86. The van der Waals surface area contributed by atoms with Crippen LogP contribution < -0.4 is 5.32 Å². The van der Waals surface area contributed by atoms with Crippen LogP contribution in [0.1, 0.15) is 45.5 Å². The number of methoxy groups -OCH3 is 1. The molecule has 0 aliphatic heterocycles. The lowest BCUT2D eigenvalue weighted by molar-refractivity contribution is -0.111. The van der Waals surface area contributed by atoms with Gasteiger partial charge in [0.1, 0.15) is 16.3 Å². The van der Waals surface area contributed by atoms with Gasteiger partial charge in [-0.15, -0.1) is 11.3 Å². The number of amides is 1. The zero-order valence-electron chi connectivity index (χ0n) is 16.7. The maximum Gasteiger partial charge on any atom is 0.341 e. The summed E-state index contributed by atoms with van der Waals surface area (Å²) in [4.78, 5) is 26.0. The highest BCUT2D eigenvalue weighted by Gasteiger charge is 2.28. The second-order valence-electron chi connectivity index (χ2n) is 7.56. The van der Waals surface area contributed by atoms with Gasteiger partial charge in [-0.1, -0.05) is 19.1 Å². The van der Waals surface area contributed by atoms with Crippen molar-refractivity contribution in [3.63, 3.8) is 0 Å². The van der Waals surface area contributed by atoms with Crippen LogP contribution >= 0.6 is 11.3 Å². The number of nitrogens with one attached hydrogen (secondary N) is 1. The predicted molar refractivity (Wildman–Crippen MR) is 115 cm³/mol. The lowest BCUT2D eigenvalue weighted by atomic mass is 9.88. The Bertz CT molecular complexity index is 1120. The summed E-state index contributed by atoms with van der Waals surface area (Å²) in [6.45, 7) is 4.21. The van der Waals surface area contributed by atoms with Crippen molar-refractivity contribution in [3.05, 3.63) is 57.7 Å². The Labute approximate surface area is 173 Å². The molecule has 1 N–H and O–H groups in total. The molecule has 4 rings (SSSR count). The molecular formula is C23H23NO4S. The van der Waals surface area contributed by atoms with Gasteiger partial charge in [-0.05, 0) is 61.4 Å². The Morgan fingerprint density at radius 3 is 2.93 bits per heavy atom. The van der Waals surface area contributed by atoms with E-state index in [2.05, 4.69) is 12.2 Å². The number of thiophene rings is 1. The average Bonchev–Trinajstić information content (AvgIpc) is 3.25. The van der Waals surface area contributed by atoms with Crippen molar-refractivity contribution in [2.45, 2.75) is 33.1 Å². The summed E-state index contributed by atoms with van der Waals surface area (Å²) in [5.74, 6) is 0.475.